The Balaban J connectivity index is 2.16. The minimum atomic E-state index is -4.53. The highest BCUT2D eigenvalue weighted by Crippen LogP contribution is 2.30. The Hall–Kier alpha value is -2.10. The van der Waals surface area contributed by atoms with Crippen molar-refractivity contribution in [1.82, 2.24) is 4.72 Å². The maximum Gasteiger partial charge on any atom is 0.416 e. The Labute approximate surface area is 149 Å². The number of hydrogen-bond donors (Lipinski definition) is 1. The second kappa shape index (κ2) is 8.07. The lowest BCUT2D eigenvalue weighted by molar-refractivity contribution is -0.137. The van der Waals surface area contributed by atoms with Crippen molar-refractivity contribution < 1.29 is 31.1 Å². The van der Waals surface area contributed by atoms with Crippen LogP contribution >= 0.6 is 0 Å². The zero-order chi connectivity index (χ0) is 19.4. The molecule has 0 amide bonds. The quantitative estimate of drug-likeness (QED) is 0.789. The fourth-order valence-electron chi connectivity index (χ4n) is 2.34. The van der Waals surface area contributed by atoms with Gasteiger partial charge in [-0.05, 0) is 30.3 Å². The Kier molecular flexibility index (Phi) is 6.27. The van der Waals surface area contributed by atoms with Crippen LogP contribution in [0.5, 0.6) is 5.75 Å². The molecule has 1 unspecified atom stereocenters. The van der Waals surface area contributed by atoms with Crippen LogP contribution in [0.2, 0.25) is 0 Å². The first-order valence-electron chi connectivity index (χ1n) is 7.51. The van der Waals surface area contributed by atoms with Crippen molar-refractivity contribution in [3.05, 3.63) is 59.7 Å². The first-order chi connectivity index (χ1) is 12.2. The van der Waals surface area contributed by atoms with Crippen LogP contribution in [0.4, 0.5) is 13.2 Å². The van der Waals surface area contributed by atoms with Crippen LogP contribution in [0.15, 0.2) is 53.4 Å². The van der Waals surface area contributed by atoms with E-state index in [-0.39, 0.29) is 11.4 Å². The predicted octanol–water partition coefficient (Wildman–Crippen LogP) is 3.38. The van der Waals surface area contributed by atoms with Crippen molar-refractivity contribution in [2.24, 2.45) is 0 Å². The average molecular weight is 389 g/mol. The number of halogens is 3. The maximum atomic E-state index is 12.6. The lowest BCUT2D eigenvalue weighted by atomic mass is 10.1. The molecule has 1 atom stereocenters. The molecular formula is C17H18F3NO4S. The summed E-state index contributed by atoms with van der Waals surface area (Å²) in [6, 6.07) is 10.2. The number of nitrogens with one attached hydrogen (secondary N) is 1. The third-order valence-electron chi connectivity index (χ3n) is 3.72. The molecule has 0 aliphatic heterocycles. The maximum absolute atomic E-state index is 12.6. The van der Waals surface area contributed by atoms with Gasteiger partial charge in [-0.15, -0.1) is 0 Å². The molecule has 0 spiro atoms. The minimum absolute atomic E-state index is 0.111. The van der Waals surface area contributed by atoms with E-state index in [1.807, 2.05) is 0 Å². The zero-order valence-electron chi connectivity index (χ0n) is 14.1. The van der Waals surface area contributed by atoms with E-state index < -0.39 is 27.9 Å². The highest BCUT2D eigenvalue weighted by Gasteiger charge is 2.30. The average Bonchev–Trinajstić information content (AvgIpc) is 2.62. The molecule has 0 bridgehead atoms. The molecule has 0 aromatic heterocycles. The first-order valence-corrected chi connectivity index (χ1v) is 9.00. The Morgan fingerprint density at radius 1 is 1.04 bits per heavy atom. The summed E-state index contributed by atoms with van der Waals surface area (Å²) in [5.74, 6) is 0.535. The van der Waals surface area contributed by atoms with Crippen molar-refractivity contribution >= 4 is 10.0 Å². The van der Waals surface area contributed by atoms with Crippen LogP contribution in [0.3, 0.4) is 0 Å². The third-order valence-corrected chi connectivity index (χ3v) is 5.16. The molecule has 0 aliphatic carbocycles. The van der Waals surface area contributed by atoms with Crippen LogP contribution in [0.1, 0.15) is 17.2 Å². The standard InChI is InChI=1S/C17H18F3NO4S/c1-24-15-6-4-3-5-14(15)16(25-2)11-21-26(22,23)13-9-7-12(8-10-13)17(18,19)20/h3-10,16,21H,11H2,1-2H3. The lowest BCUT2D eigenvalue weighted by Crippen LogP contribution is -2.29. The van der Waals surface area contributed by atoms with E-state index in [0.29, 0.717) is 11.3 Å². The number of benzene rings is 2. The third kappa shape index (κ3) is 4.75. The van der Waals surface area contributed by atoms with Crippen molar-refractivity contribution in [2.45, 2.75) is 17.2 Å². The molecule has 5 nitrogen and oxygen atoms in total. The van der Waals surface area contributed by atoms with Gasteiger partial charge in [0.05, 0.1) is 23.7 Å². The van der Waals surface area contributed by atoms with Gasteiger partial charge in [0.2, 0.25) is 10.0 Å². The highest BCUT2D eigenvalue weighted by atomic mass is 32.2. The number of para-hydroxylation sites is 1. The Morgan fingerprint density at radius 2 is 1.65 bits per heavy atom. The lowest BCUT2D eigenvalue weighted by Gasteiger charge is -2.19. The van der Waals surface area contributed by atoms with Crippen LogP contribution in [-0.4, -0.2) is 29.2 Å². The normalized spacial score (nSPS) is 13.4. The van der Waals surface area contributed by atoms with Crippen LogP contribution in [0.25, 0.3) is 0 Å². The number of methoxy groups -OCH3 is 2. The summed E-state index contributed by atoms with van der Waals surface area (Å²) in [5, 5.41) is 0. The van der Waals surface area contributed by atoms with Crippen molar-refractivity contribution in [3.63, 3.8) is 0 Å². The van der Waals surface area contributed by atoms with Gasteiger partial charge in [0.15, 0.2) is 0 Å². The second-order valence-electron chi connectivity index (χ2n) is 5.34. The summed E-state index contributed by atoms with van der Waals surface area (Å²) in [7, 11) is -1.09. The van der Waals surface area contributed by atoms with E-state index in [9.17, 15) is 21.6 Å². The zero-order valence-corrected chi connectivity index (χ0v) is 14.9. The number of alkyl halides is 3. The molecule has 1 N–H and O–H groups in total. The van der Waals surface area contributed by atoms with Gasteiger partial charge >= 0.3 is 6.18 Å². The molecule has 0 heterocycles. The van der Waals surface area contributed by atoms with Crippen LogP contribution in [-0.2, 0) is 20.9 Å². The van der Waals surface area contributed by atoms with E-state index in [1.165, 1.54) is 14.2 Å². The molecule has 0 radical (unpaired) electrons. The molecule has 2 rings (SSSR count). The highest BCUT2D eigenvalue weighted by molar-refractivity contribution is 7.89. The van der Waals surface area contributed by atoms with Gasteiger partial charge in [-0.2, -0.15) is 13.2 Å². The van der Waals surface area contributed by atoms with Gasteiger partial charge in [0.1, 0.15) is 5.75 Å². The van der Waals surface area contributed by atoms with E-state index in [1.54, 1.807) is 24.3 Å². The molecule has 0 saturated heterocycles. The molecule has 0 aliphatic rings. The number of sulfonamides is 1. The van der Waals surface area contributed by atoms with Gasteiger partial charge < -0.3 is 9.47 Å². The van der Waals surface area contributed by atoms with Crippen LogP contribution in [0, 0.1) is 0 Å². The second-order valence-corrected chi connectivity index (χ2v) is 7.11. The molecular weight excluding hydrogens is 371 g/mol. The van der Waals surface area contributed by atoms with Gasteiger partial charge in [0, 0.05) is 19.2 Å². The molecule has 0 fully saturated rings. The van der Waals surface area contributed by atoms with Crippen molar-refractivity contribution in [3.8, 4) is 5.75 Å². The summed E-state index contributed by atoms with van der Waals surface area (Å²) >= 11 is 0. The Bertz CT molecular complexity index is 836. The topological polar surface area (TPSA) is 64.6 Å². The van der Waals surface area contributed by atoms with Gasteiger partial charge in [-0.1, -0.05) is 18.2 Å². The van der Waals surface area contributed by atoms with E-state index in [4.69, 9.17) is 9.47 Å². The number of rotatable bonds is 7. The minimum Gasteiger partial charge on any atom is -0.496 e. The molecule has 0 saturated carbocycles. The van der Waals surface area contributed by atoms with E-state index >= 15 is 0 Å². The van der Waals surface area contributed by atoms with Gasteiger partial charge in [0.25, 0.3) is 0 Å². The number of hydrogen-bond acceptors (Lipinski definition) is 4. The molecule has 26 heavy (non-hydrogen) atoms. The van der Waals surface area contributed by atoms with Crippen molar-refractivity contribution in [1.29, 1.82) is 0 Å². The van der Waals surface area contributed by atoms with E-state index in [0.717, 1.165) is 24.3 Å². The van der Waals surface area contributed by atoms with Gasteiger partial charge in [-0.3, -0.25) is 0 Å². The first kappa shape index (κ1) is 20.2. The van der Waals surface area contributed by atoms with E-state index in [2.05, 4.69) is 4.72 Å². The molecule has 2 aromatic rings. The molecule has 2 aromatic carbocycles. The fourth-order valence-corrected chi connectivity index (χ4v) is 3.38. The Morgan fingerprint density at radius 3 is 2.19 bits per heavy atom. The largest absolute Gasteiger partial charge is 0.496 e. The SMILES string of the molecule is COc1ccccc1C(CNS(=O)(=O)c1ccc(C(F)(F)F)cc1)OC. The smallest absolute Gasteiger partial charge is 0.416 e. The monoisotopic (exact) mass is 389 g/mol. The molecule has 9 heteroatoms. The summed E-state index contributed by atoms with van der Waals surface area (Å²) < 4.78 is 75.3. The van der Waals surface area contributed by atoms with Crippen LogP contribution < -0.4 is 9.46 Å². The number of ether oxygens (including phenoxy) is 2. The summed E-state index contributed by atoms with van der Waals surface area (Å²) in [6.45, 7) is -0.111. The van der Waals surface area contributed by atoms with Crippen molar-refractivity contribution in [2.75, 3.05) is 20.8 Å². The summed E-state index contributed by atoms with van der Waals surface area (Å²) in [6.07, 6.45) is -5.16. The molecule has 142 valence electrons. The summed E-state index contributed by atoms with van der Waals surface area (Å²) in [4.78, 5) is -0.264. The predicted molar refractivity (Wildman–Crippen MR) is 89.4 cm³/mol. The van der Waals surface area contributed by atoms with Gasteiger partial charge in [-0.25, -0.2) is 13.1 Å². The fraction of sp³-hybridized carbons (Fsp3) is 0.294. The summed E-state index contributed by atoms with van der Waals surface area (Å²) in [5.41, 5.74) is -0.271.